The van der Waals surface area contributed by atoms with Gasteiger partial charge < -0.3 is 51.2 Å². The van der Waals surface area contributed by atoms with E-state index in [1.165, 1.54) is 18.7 Å². The van der Waals surface area contributed by atoms with E-state index < -0.39 is 126 Å². The minimum atomic E-state index is -1.50. The summed E-state index contributed by atoms with van der Waals surface area (Å²) in [4.78, 5) is 112. The van der Waals surface area contributed by atoms with E-state index in [1.807, 2.05) is 46.8 Å². The standard InChI is InChI=1S/C50H83N7O12/c1-15-30(8)42(39(58)26-40(59)53-41(29(6)7)44(60)31(9)45(61)52-35(23-27(2)3)48(64)57-22-16-17-37(57)49(65)66)54-47(63)43(55-46(62)38(56(12)13)24-28(4)5)32(10)69-50(67)36(51-11)25-33-18-20-34(68-14)21-19-33/h18-21,27-32,35-39,41-43,51,58H,15-17,22-26H2,1-14H3,(H,52,61)(H,53,59)(H,54,63)(H,55,62)(H,65,66). The number of carboxylic acid groups (broad SMARTS) is 1. The van der Waals surface area contributed by atoms with Gasteiger partial charge in [-0.2, -0.15) is 0 Å². The maximum Gasteiger partial charge on any atom is 0.326 e. The molecule has 1 heterocycles. The molecule has 1 saturated heterocycles. The smallest absolute Gasteiger partial charge is 0.326 e. The van der Waals surface area contributed by atoms with Gasteiger partial charge in [0.2, 0.25) is 29.5 Å². The van der Waals surface area contributed by atoms with E-state index in [9.17, 15) is 48.6 Å². The minimum Gasteiger partial charge on any atom is -0.497 e. The third-order valence-corrected chi connectivity index (χ3v) is 12.8. The summed E-state index contributed by atoms with van der Waals surface area (Å²) in [5.41, 5.74) is 0.818. The second kappa shape index (κ2) is 28.5. The van der Waals surface area contributed by atoms with E-state index in [0.717, 1.165) is 5.56 Å². The number of esters is 1. The first-order valence-corrected chi connectivity index (χ1v) is 24.4. The number of benzene rings is 1. The van der Waals surface area contributed by atoms with Crippen LogP contribution in [0.5, 0.6) is 5.75 Å². The van der Waals surface area contributed by atoms with E-state index in [-0.39, 0.29) is 31.2 Å². The molecule has 1 aliphatic rings. The zero-order chi connectivity index (χ0) is 52.4. The molecule has 0 bridgehead atoms. The zero-order valence-corrected chi connectivity index (χ0v) is 43.4. The third kappa shape index (κ3) is 18.3. The Morgan fingerprint density at radius 2 is 1.41 bits per heavy atom. The van der Waals surface area contributed by atoms with Crippen molar-refractivity contribution in [1.29, 1.82) is 0 Å². The first-order valence-electron chi connectivity index (χ1n) is 24.4. The molecule has 1 aromatic carbocycles. The Bertz CT molecular complexity index is 1880. The summed E-state index contributed by atoms with van der Waals surface area (Å²) in [5, 5.41) is 35.3. The Hall–Kier alpha value is -5.14. The molecule has 0 spiro atoms. The van der Waals surface area contributed by atoms with Gasteiger partial charge in [0.15, 0.2) is 5.78 Å². The van der Waals surface area contributed by atoms with Crippen LogP contribution in [0.3, 0.4) is 0 Å². The van der Waals surface area contributed by atoms with Crippen LogP contribution in [0.4, 0.5) is 0 Å². The van der Waals surface area contributed by atoms with Gasteiger partial charge in [-0.05, 0) is 108 Å². The first kappa shape index (κ1) is 60.0. The molecule has 7 N–H and O–H groups in total. The molecule has 1 aliphatic heterocycles. The number of aliphatic hydroxyl groups is 1. The van der Waals surface area contributed by atoms with Gasteiger partial charge in [0.25, 0.3) is 0 Å². The van der Waals surface area contributed by atoms with Gasteiger partial charge in [-0.25, -0.2) is 4.79 Å². The van der Waals surface area contributed by atoms with Gasteiger partial charge in [-0.1, -0.05) is 73.9 Å². The molecule has 2 rings (SSSR count). The molecule has 1 fully saturated rings. The van der Waals surface area contributed by atoms with Gasteiger partial charge in [0, 0.05) is 6.54 Å². The van der Waals surface area contributed by atoms with E-state index in [0.29, 0.717) is 31.4 Å². The lowest BCUT2D eigenvalue weighted by Crippen LogP contribution is -2.61. The molecule has 19 nitrogen and oxygen atoms in total. The predicted octanol–water partition coefficient (Wildman–Crippen LogP) is 2.45. The lowest BCUT2D eigenvalue weighted by atomic mass is 9.89. The Labute approximate surface area is 409 Å². The van der Waals surface area contributed by atoms with Gasteiger partial charge in [0.05, 0.1) is 43.7 Å². The maximum atomic E-state index is 14.4. The summed E-state index contributed by atoms with van der Waals surface area (Å²) in [6.45, 7) is 17.7. The predicted molar refractivity (Wildman–Crippen MR) is 261 cm³/mol. The fraction of sp³-hybridized carbons (Fsp3) is 0.720. The highest BCUT2D eigenvalue weighted by atomic mass is 16.5. The summed E-state index contributed by atoms with van der Waals surface area (Å²) in [6, 6.07) is -0.0309. The van der Waals surface area contributed by atoms with Crippen LogP contribution in [0.1, 0.15) is 113 Å². The van der Waals surface area contributed by atoms with Crippen LogP contribution in [-0.4, -0.2) is 157 Å². The number of aliphatic hydroxyl groups excluding tert-OH is 1. The van der Waals surface area contributed by atoms with Crippen molar-refractivity contribution in [1.82, 2.24) is 36.4 Å². The summed E-state index contributed by atoms with van der Waals surface area (Å²) >= 11 is 0. The second-order valence-corrected chi connectivity index (χ2v) is 20.0. The lowest BCUT2D eigenvalue weighted by Gasteiger charge is -2.34. The number of hydrogen-bond donors (Lipinski definition) is 7. The van der Waals surface area contributed by atoms with Gasteiger partial charge in [-0.15, -0.1) is 0 Å². The highest BCUT2D eigenvalue weighted by molar-refractivity contribution is 6.05. The van der Waals surface area contributed by atoms with Crippen LogP contribution < -0.4 is 31.3 Å². The van der Waals surface area contributed by atoms with Crippen LogP contribution in [0.25, 0.3) is 0 Å². The molecule has 11 unspecified atom stereocenters. The fourth-order valence-corrected chi connectivity index (χ4v) is 8.40. The Morgan fingerprint density at radius 1 is 0.797 bits per heavy atom. The number of rotatable bonds is 29. The number of methoxy groups -OCH3 is 1. The number of hydrogen-bond acceptors (Lipinski definition) is 13. The van der Waals surface area contributed by atoms with Crippen molar-refractivity contribution in [3.8, 4) is 5.75 Å². The number of likely N-dealkylation sites (N-methyl/N-ethyl adjacent to an activating group) is 2. The number of carboxylic acids is 1. The SMILES string of the molecule is CCC(C)C(NC(=O)C(NC(=O)C(CC(C)C)N(C)C)C(C)OC(=O)C(Cc1ccc(OC)cc1)NC)C(O)CC(=O)NC(C(=O)C(C)C(=O)NC(CC(C)C)C(=O)N1CCCC1C(=O)O)C(C)C. The molecule has 0 aromatic heterocycles. The highest BCUT2D eigenvalue weighted by Crippen LogP contribution is 2.22. The van der Waals surface area contributed by atoms with Crippen molar-refractivity contribution in [2.45, 2.75) is 169 Å². The molecule has 390 valence electrons. The molecular weight excluding hydrogens is 891 g/mol. The van der Waals surface area contributed by atoms with Crippen molar-refractivity contribution in [2.24, 2.45) is 29.6 Å². The van der Waals surface area contributed by atoms with Crippen molar-refractivity contribution >= 4 is 47.3 Å². The first-order chi connectivity index (χ1) is 32.3. The molecular formula is C50H83N7O12. The number of aliphatic carboxylic acids is 1. The molecule has 1 aromatic rings. The van der Waals surface area contributed by atoms with Gasteiger partial charge >= 0.3 is 11.9 Å². The van der Waals surface area contributed by atoms with Crippen LogP contribution in [0.2, 0.25) is 0 Å². The van der Waals surface area contributed by atoms with Crippen LogP contribution in [0, 0.1) is 29.6 Å². The molecule has 69 heavy (non-hydrogen) atoms. The second-order valence-electron chi connectivity index (χ2n) is 20.0. The van der Waals surface area contributed by atoms with E-state index in [2.05, 4.69) is 26.6 Å². The number of Topliss-reactive ketones (excluding diaryl/α,β-unsaturated/α-hetero) is 1. The number of nitrogens with zero attached hydrogens (tertiary/aromatic N) is 2. The molecule has 11 atom stereocenters. The molecule has 5 amide bonds. The van der Waals surface area contributed by atoms with Gasteiger partial charge in [0.1, 0.15) is 36.0 Å². The molecule has 0 aliphatic carbocycles. The largest absolute Gasteiger partial charge is 0.497 e. The number of ketones is 1. The van der Waals surface area contributed by atoms with Crippen molar-refractivity contribution in [3.63, 3.8) is 0 Å². The molecule has 0 radical (unpaired) electrons. The van der Waals surface area contributed by atoms with Crippen molar-refractivity contribution in [2.75, 3.05) is 34.8 Å². The Morgan fingerprint density at radius 3 is 1.91 bits per heavy atom. The average molecular weight is 974 g/mol. The summed E-state index contributed by atoms with van der Waals surface area (Å²) in [7, 11) is 6.65. The Balaban J connectivity index is 2.33. The minimum absolute atomic E-state index is 0.0579. The summed E-state index contributed by atoms with van der Waals surface area (Å²) < 4.78 is 11.1. The van der Waals surface area contributed by atoms with E-state index in [4.69, 9.17) is 9.47 Å². The average Bonchev–Trinajstić information content (AvgIpc) is 3.79. The quantitative estimate of drug-likeness (QED) is 0.0450. The number of carbonyl (C=O) groups is 8. The van der Waals surface area contributed by atoms with Crippen LogP contribution >= 0.6 is 0 Å². The monoisotopic (exact) mass is 974 g/mol. The molecule has 19 heteroatoms. The number of nitrogens with one attached hydrogen (secondary N) is 5. The van der Waals surface area contributed by atoms with Crippen LogP contribution in [-0.2, 0) is 49.5 Å². The zero-order valence-electron chi connectivity index (χ0n) is 43.4. The third-order valence-electron chi connectivity index (χ3n) is 12.8. The number of likely N-dealkylation sites (tertiary alicyclic amines) is 1. The fourth-order valence-electron chi connectivity index (χ4n) is 8.40. The Kier molecular flexibility index (Phi) is 24.8. The summed E-state index contributed by atoms with van der Waals surface area (Å²) in [5.74, 6) is -7.27. The number of ether oxygens (including phenoxy) is 2. The lowest BCUT2D eigenvalue weighted by molar-refractivity contribution is -0.155. The topological polar surface area (TPSA) is 262 Å². The number of carbonyl (C=O) groups excluding carboxylic acids is 7. The molecule has 0 saturated carbocycles. The van der Waals surface area contributed by atoms with Crippen molar-refractivity contribution in [3.05, 3.63) is 29.8 Å². The van der Waals surface area contributed by atoms with E-state index >= 15 is 0 Å². The van der Waals surface area contributed by atoms with Gasteiger partial charge in [-0.3, -0.25) is 38.5 Å². The number of amides is 5. The highest BCUT2D eigenvalue weighted by Gasteiger charge is 2.41. The maximum absolute atomic E-state index is 14.4. The van der Waals surface area contributed by atoms with Crippen molar-refractivity contribution < 1.29 is 58.0 Å². The van der Waals surface area contributed by atoms with E-state index in [1.54, 1.807) is 66.1 Å². The summed E-state index contributed by atoms with van der Waals surface area (Å²) in [6.07, 6.45) is -1.10. The van der Waals surface area contributed by atoms with Crippen LogP contribution in [0.15, 0.2) is 24.3 Å². The normalized spacial score (nSPS) is 18.2.